The number of carbonyl (C=O) groups is 1. The van der Waals surface area contributed by atoms with Crippen molar-refractivity contribution >= 4 is 21.8 Å². The van der Waals surface area contributed by atoms with Gasteiger partial charge >= 0.3 is 0 Å². The average Bonchev–Trinajstić information content (AvgIpc) is 2.63. The van der Waals surface area contributed by atoms with E-state index in [-0.39, 0.29) is 17.9 Å². The van der Waals surface area contributed by atoms with Gasteiger partial charge in [0.25, 0.3) is 5.91 Å². The summed E-state index contributed by atoms with van der Waals surface area (Å²) in [6, 6.07) is 13.9. The van der Waals surface area contributed by atoms with E-state index in [1.54, 1.807) is 0 Å². The van der Waals surface area contributed by atoms with Gasteiger partial charge in [0.2, 0.25) is 0 Å². The SMILES string of the molecule is CCc1ccc(OCC(=O)NCCOc2ccccc2C(C)(C)C)c(Br)c1. The van der Waals surface area contributed by atoms with E-state index in [1.807, 2.05) is 36.4 Å². The van der Waals surface area contributed by atoms with Crippen LogP contribution in [0.3, 0.4) is 0 Å². The maximum Gasteiger partial charge on any atom is 0.258 e. The van der Waals surface area contributed by atoms with Crippen molar-refractivity contribution in [2.24, 2.45) is 0 Å². The van der Waals surface area contributed by atoms with Gasteiger partial charge in [0.05, 0.1) is 11.0 Å². The number of ether oxygens (including phenoxy) is 2. The van der Waals surface area contributed by atoms with Crippen LogP contribution in [-0.4, -0.2) is 25.7 Å². The van der Waals surface area contributed by atoms with Crippen LogP contribution in [0.5, 0.6) is 11.5 Å². The van der Waals surface area contributed by atoms with Gasteiger partial charge in [0.1, 0.15) is 18.1 Å². The van der Waals surface area contributed by atoms with Gasteiger partial charge in [-0.3, -0.25) is 4.79 Å². The first-order valence-electron chi connectivity index (χ1n) is 9.21. The van der Waals surface area contributed by atoms with E-state index < -0.39 is 0 Å². The van der Waals surface area contributed by atoms with Crippen LogP contribution in [-0.2, 0) is 16.6 Å². The number of carbonyl (C=O) groups excluding carboxylic acids is 1. The molecule has 2 rings (SSSR count). The van der Waals surface area contributed by atoms with E-state index in [0.29, 0.717) is 18.9 Å². The van der Waals surface area contributed by atoms with Crippen LogP contribution < -0.4 is 14.8 Å². The average molecular weight is 434 g/mol. The molecule has 0 saturated carbocycles. The molecule has 0 spiro atoms. The third-order valence-electron chi connectivity index (χ3n) is 4.14. The normalized spacial score (nSPS) is 11.1. The van der Waals surface area contributed by atoms with E-state index in [1.165, 1.54) is 5.56 Å². The molecule has 27 heavy (non-hydrogen) atoms. The zero-order chi connectivity index (χ0) is 19.9. The molecular weight excluding hydrogens is 406 g/mol. The van der Waals surface area contributed by atoms with Crippen molar-refractivity contribution in [3.05, 3.63) is 58.1 Å². The highest BCUT2D eigenvalue weighted by molar-refractivity contribution is 9.10. The minimum atomic E-state index is -0.172. The van der Waals surface area contributed by atoms with E-state index >= 15 is 0 Å². The van der Waals surface area contributed by atoms with Crippen LogP contribution in [0, 0.1) is 0 Å². The molecular formula is C22H28BrNO3. The van der Waals surface area contributed by atoms with E-state index in [2.05, 4.69) is 55.0 Å². The molecule has 0 unspecified atom stereocenters. The van der Waals surface area contributed by atoms with E-state index in [4.69, 9.17) is 9.47 Å². The van der Waals surface area contributed by atoms with Gasteiger partial charge in [-0.2, -0.15) is 0 Å². The monoisotopic (exact) mass is 433 g/mol. The predicted molar refractivity (Wildman–Crippen MR) is 113 cm³/mol. The molecule has 2 aromatic carbocycles. The summed E-state index contributed by atoms with van der Waals surface area (Å²) in [5.41, 5.74) is 2.38. The third-order valence-corrected chi connectivity index (χ3v) is 4.76. The highest BCUT2D eigenvalue weighted by Gasteiger charge is 2.18. The van der Waals surface area contributed by atoms with Crippen molar-refractivity contribution in [1.82, 2.24) is 5.32 Å². The van der Waals surface area contributed by atoms with Crippen molar-refractivity contribution in [3.63, 3.8) is 0 Å². The number of rotatable bonds is 8. The number of hydrogen-bond acceptors (Lipinski definition) is 3. The molecule has 0 aliphatic carbocycles. The maximum atomic E-state index is 12.0. The molecule has 146 valence electrons. The summed E-state index contributed by atoms with van der Waals surface area (Å²) in [4.78, 5) is 12.0. The van der Waals surface area contributed by atoms with Crippen LogP contribution in [0.15, 0.2) is 46.9 Å². The zero-order valence-electron chi connectivity index (χ0n) is 16.5. The van der Waals surface area contributed by atoms with Gasteiger partial charge in [-0.1, -0.05) is 52.0 Å². The fourth-order valence-electron chi connectivity index (χ4n) is 2.64. The Morgan fingerprint density at radius 2 is 1.81 bits per heavy atom. The number of halogens is 1. The minimum Gasteiger partial charge on any atom is -0.491 e. The second-order valence-electron chi connectivity index (χ2n) is 7.35. The first-order valence-corrected chi connectivity index (χ1v) is 10.0. The van der Waals surface area contributed by atoms with Crippen molar-refractivity contribution in [2.45, 2.75) is 39.5 Å². The molecule has 0 aromatic heterocycles. The molecule has 4 nitrogen and oxygen atoms in total. The Kier molecular flexibility index (Phi) is 7.72. The summed E-state index contributed by atoms with van der Waals surface area (Å²) in [6.45, 7) is 9.36. The quantitative estimate of drug-likeness (QED) is 0.603. The topological polar surface area (TPSA) is 47.6 Å². The lowest BCUT2D eigenvalue weighted by Gasteiger charge is -2.22. The summed E-state index contributed by atoms with van der Waals surface area (Å²) >= 11 is 3.47. The van der Waals surface area contributed by atoms with Crippen molar-refractivity contribution in [2.75, 3.05) is 19.8 Å². The molecule has 0 heterocycles. The van der Waals surface area contributed by atoms with Gasteiger partial charge in [-0.05, 0) is 57.1 Å². The van der Waals surface area contributed by atoms with Gasteiger partial charge < -0.3 is 14.8 Å². The van der Waals surface area contributed by atoms with E-state index in [9.17, 15) is 4.79 Å². The molecule has 1 amide bonds. The van der Waals surface area contributed by atoms with E-state index in [0.717, 1.165) is 22.2 Å². The first-order chi connectivity index (χ1) is 12.8. The van der Waals surface area contributed by atoms with Gasteiger partial charge in [-0.25, -0.2) is 0 Å². The Hall–Kier alpha value is -2.01. The van der Waals surface area contributed by atoms with Gasteiger partial charge in [0, 0.05) is 0 Å². The van der Waals surface area contributed by atoms with Crippen LogP contribution in [0.2, 0.25) is 0 Å². The molecule has 0 atom stereocenters. The molecule has 0 aliphatic heterocycles. The summed E-state index contributed by atoms with van der Waals surface area (Å²) in [5, 5.41) is 2.82. The molecule has 2 aromatic rings. The van der Waals surface area contributed by atoms with Gasteiger partial charge in [-0.15, -0.1) is 0 Å². The fourth-order valence-corrected chi connectivity index (χ4v) is 3.18. The second-order valence-corrected chi connectivity index (χ2v) is 8.21. The molecule has 0 bridgehead atoms. The number of nitrogens with one attached hydrogen (secondary N) is 1. The van der Waals surface area contributed by atoms with Crippen LogP contribution in [0.25, 0.3) is 0 Å². The number of hydrogen-bond donors (Lipinski definition) is 1. The third kappa shape index (κ3) is 6.58. The lowest BCUT2D eigenvalue weighted by molar-refractivity contribution is -0.123. The highest BCUT2D eigenvalue weighted by atomic mass is 79.9. The molecule has 0 saturated heterocycles. The van der Waals surface area contributed by atoms with Crippen molar-refractivity contribution in [1.29, 1.82) is 0 Å². The van der Waals surface area contributed by atoms with Gasteiger partial charge in [0.15, 0.2) is 6.61 Å². The number of amides is 1. The molecule has 5 heteroatoms. The van der Waals surface area contributed by atoms with Crippen molar-refractivity contribution < 1.29 is 14.3 Å². The molecule has 1 N–H and O–H groups in total. The summed E-state index contributed by atoms with van der Waals surface area (Å²) < 4.78 is 12.3. The molecule has 0 fully saturated rings. The van der Waals surface area contributed by atoms with Crippen molar-refractivity contribution in [3.8, 4) is 11.5 Å². The largest absolute Gasteiger partial charge is 0.491 e. The maximum absolute atomic E-state index is 12.0. The molecule has 0 aliphatic rings. The molecule has 0 radical (unpaired) electrons. The zero-order valence-corrected chi connectivity index (χ0v) is 18.1. The smallest absolute Gasteiger partial charge is 0.258 e. The Bertz CT molecular complexity index is 768. The standard InChI is InChI=1S/C22H28BrNO3/c1-5-16-10-11-20(18(23)14-16)27-15-21(25)24-12-13-26-19-9-7-6-8-17(19)22(2,3)4/h6-11,14H,5,12-13,15H2,1-4H3,(H,24,25). The summed E-state index contributed by atoms with van der Waals surface area (Å²) in [6.07, 6.45) is 0.956. The predicted octanol–water partition coefficient (Wildman–Crippen LogP) is 4.88. The lowest BCUT2D eigenvalue weighted by atomic mass is 9.86. The highest BCUT2D eigenvalue weighted by Crippen LogP contribution is 2.30. The second kappa shape index (κ2) is 9.79. The Balaban J connectivity index is 1.76. The Labute approximate surface area is 170 Å². The Morgan fingerprint density at radius 1 is 1.07 bits per heavy atom. The van der Waals surface area contributed by atoms with Crippen LogP contribution in [0.1, 0.15) is 38.8 Å². The Morgan fingerprint density at radius 3 is 2.48 bits per heavy atom. The number of benzene rings is 2. The lowest BCUT2D eigenvalue weighted by Crippen LogP contribution is -2.32. The summed E-state index contributed by atoms with van der Waals surface area (Å²) in [5.74, 6) is 1.35. The summed E-state index contributed by atoms with van der Waals surface area (Å²) in [7, 11) is 0. The minimum absolute atomic E-state index is 0.00833. The fraction of sp³-hybridized carbons (Fsp3) is 0.409. The number of aryl methyl sites for hydroxylation is 1. The number of para-hydroxylation sites is 1. The first kappa shape index (κ1) is 21.3. The van der Waals surface area contributed by atoms with Crippen LogP contribution in [0.4, 0.5) is 0 Å². The van der Waals surface area contributed by atoms with Crippen LogP contribution >= 0.6 is 15.9 Å².